The van der Waals surface area contributed by atoms with Crippen LogP contribution in [0, 0.1) is 0 Å². The Bertz CT molecular complexity index is 712. The van der Waals surface area contributed by atoms with Gasteiger partial charge >= 0.3 is 0 Å². The summed E-state index contributed by atoms with van der Waals surface area (Å²) in [5.74, 6) is 1.69. The molecule has 1 heterocycles. The van der Waals surface area contributed by atoms with Crippen molar-refractivity contribution in [2.24, 2.45) is 0 Å². The number of hydrogen-bond acceptors (Lipinski definition) is 4. The zero-order valence-corrected chi connectivity index (χ0v) is 12.5. The standard InChI is InChI=1S/C16H15N3OS/c1-20-15-9-5-6-13(10-15)11-21-16-18-17-12-19(16)14-7-3-2-4-8-14/h2-10,12H,11H2,1H3. The SMILES string of the molecule is COc1cccc(CSc2nncn2-c2ccccc2)c1. The van der Waals surface area contributed by atoms with Crippen LogP contribution in [0.25, 0.3) is 5.69 Å². The average Bonchev–Trinajstić information content (AvgIpc) is 3.02. The maximum absolute atomic E-state index is 5.24. The van der Waals surface area contributed by atoms with Gasteiger partial charge in [0.2, 0.25) is 0 Å². The molecule has 0 fully saturated rings. The summed E-state index contributed by atoms with van der Waals surface area (Å²) >= 11 is 1.65. The van der Waals surface area contributed by atoms with Gasteiger partial charge in [0.1, 0.15) is 12.1 Å². The van der Waals surface area contributed by atoms with E-state index in [9.17, 15) is 0 Å². The van der Waals surface area contributed by atoms with Crippen molar-refractivity contribution in [3.8, 4) is 11.4 Å². The molecule has 0 radical (unpaired) electrons. The molecule has 0 amide bonds. The van der Waals surface area contributed by atoms with Gasteiger partial charge in [-0.05, 0) is 29.8 Å². The summed E-state index contributed by atoms with van der Waals surface area (Å²) in [5, 5.41) is 9.09. The van der Waals surface area contributed by atoms with Gasteiger partial charge in [-0.15, -0.1) is 10.2 Å². The number of benzene rings is 2. The van der Waals surface area contributed by atoms with E-state index in [-0.39, 0.29) is 0 Å². The summed E-state index contributed by atoms with van der Waals surface area (Å²) in [7, 11) is 1.68. The summed E-state index contributed by atoms with van der Waals surface area (Å²) in [6.07, 6.45) is 1.74. The zero-order valence-electron chi connectivity index (χ0n) is 11.6. The molecule has 0 N–H and O–H groups in total. The smallest absolute Gasteiger partial charge is 0.195 e. The molecule has 106 valence electrons. The van der Waals surface area contributed by atoms with E-state index in [1.807, 2.05) is 53.1 Å². The highest BCUT2D eigenvalue weighted by atomic mass is 32.2. The fourth-order valence-electron chi connectivity index (χ4n) is 2.00. The highest BCUT2D eigenvalue weighted by Gasteiger charge is 2.07. The Kier molecular flexibility index (Phi) is 4.21. The molecule has 0 aliphatic carbocycles. The van der Waals surface area contributed by atoms with Crippen LogP contribution in [0.2, 0.25) is 0 Å². The van der Waals surface area contributed by atoms with Crippen LogP contribution in [-0.4, -0.2) is 21.9 Å². The second kappa shape index (κ2) is 6.45. The molecule has 3 aromatic rings. The van der Waals surface area contributed by atoms with E-state index in [0.717, 1.165) is 22.3 Å². The van der Waals surface area contributed by atoms with Crippen LogP contribution in [0.1, 0.15) is 5.56 Å². The Morgan fingerprint density at radius 1 is 1.10 bits per heavy atom. The predicted molar refractivity (Wildman–Crippen MR) is 83.9 cm³/mol. The lowest BCUT2D eigenvalue weighted by Crippen LogP contribution is -1.95. The predicted octanol–water partition coefficient (Wildman–Crippen LogP) is 3.57. The largest absolute Gasteiger partial charge is 0.497 e. The van der Waals surface area contributed by atoms with Crippen LogP contribution in [0.3, 0.4) is 0 Å². The second-order valence-corrected chi connectivity index (χ2v) is 5.40. The van der Waals surface area contributed by atoms with Crippen LogP contribution in [0.5, 0.6) is 5.75 Å². The van der Waals surface area contributed by atoms with Crippen molar-refractivity contribution >= 4 is 11.8 Å². The van der Waals surface area contributed by atoms with Crippen LogP contribution in [0.4, 0.5) is 0 Å². The summed E-state index contributed by atoms with van der Waals surface area (Å²) < 4.78 is 7.23. The van der Waals surface area contributed by atoms with E-state index < -0.39 is 0 Å². The van der Waals surface area contributed by atoms with Gasteiger partial charge in [-0.2, -0.15) is 0 Å². The minimum atomic E-state index is 0.822. The van der Waals surface area contributed by atoms with Gasteiger partial charge in [0.15, 0.2) is 5.16 Å². The maximum atomic E-state index is 5.24. The molecule has 2 aromatic carbocycles. The van der Waals surface area contributed by atoms with Crippen molar-refractivity contribution in [2.75, 3.05) is 7.11 Å². The number of nitrogens with zero attached hydrogens (tertiary/aromatic N) is 3. The molecule has 21 heavy (non-hydrogen) atoms. The Morgan fingerprint density at radius 2 is 1.95 bits per heavy atom. The van der Waals surface area contributed by atoms with Gasteiger partial charge in [0.05, 0.1) is 7.11 Å². The fourth-order valence-corrected chi connectivity index (χ4v) is 2.87. The molecule has 3 rings (SSSR count). The summed E-state index contributed by atoms with van der Waals surface area (Å²) in [4.78, 5) is 0. The Labute approximate surface area is 127 Å². The van der Waals surface area contributed by atoms with Gasteiger partial charge in [0.25, 0.3) is 0 Å². The van der Waals surface area contributed by atoms with Crippen LogP contribution < -0.4 is 4.74 Å². The third-order valence-corrected chi connectivity index (χ3v) is 4.07. The van der Waals surface area contributed by atoms with Crippen LogP contribution in [0.15, 0.2) is 66.1 Å². The summed E-state index contributed by atoms with van der Waals surface area (Å²) in [6, 6.07) is 18.2. The normalized spacial score (nSPS) is 10.5. The molecule has 0 saturated carbocycles. The van der Waals surface area contributed by atoms with Gasteiger partial charge in [0, 0.05) is 11.4 Å². The van der Waals surface area contributed by atoms with E-state index >= 15 is 0 Å². The van der Waals surface area contributed by atoms with Crippen molar-refractivity contribution in [2.45, 2.75) is 10.9 Å². The van der Waals surface area contributed by atoms with Crippen molar-refractivity contribution in [1.29, 1.82) is 0 Å². The number of para-hydroxylation sites is 1. The molecule has 0 bridgehead atoms. The monoisotopic (exact) mass is 297 g/mol. The Morgan fingerprint density at radius 3 is 2.76 bits per heavy atom. The van der Waals surface area contributed by atoms with Crippen molar-refractivity contribution in [1.82, 2.24) is 14.8 Å². The minimum Gasteiger partial charge on any atom is -0.497 e. The quantitative estimate of drug-likeness (QED) is 0.675. The van der Waals surface area contributed by atoms with E-state index in [1.54, 1.807) is 25.2 Å². The lowest BCUT2D eigenvalue weighted by Gasteiger charge is -2.06. The average molecular weight is 297 g/mol. The van der Waals surface area contributed by atoms with Gasteiger partial charge in [-0.1, -0.05) is 42.1 Å². The molecule has 0 saturated heterocycles. The number of ether oxygens (including phenoxy) is 1. The first-order valence-electron chi connectivity index (χ1n) is 6.58. The van der Waals surface area contributed by atoms with Crippen LogP contribution >= 0.6 is 11.8 Å². The third-order valence-electron chi connectivity index (χ3n) is 3.05. The summed E-state index contributed by atoms with van der Waals surface area (Å²) in [6.45, 7) is 0. The van der Waals surface area contributed by atoms with E-state index in [0.29, 0.717) is 0 Å². The Hall–Kier alpha value is -2.27. The minimum absolute atomic E-state index is 0.822. The molecule has 1 aromatic heterocycles. The summed E-state index contributed by atoms with van der Waals surface area (Å²) in [5.41, 5.74) is 2.26. The Balaban J connectivity index is 1.76. The number of rotatable bonds is 5. The molecule has 4 nitrogen and oxygen atoms in total. The molecule has 5 heteroatoms. The molecule has 0 unspecified atom stereocenters. The van der Waals surface area contributed by atoms with Gasteiger partial charge in [-0.3, -0.25) is 4.57 Å². The first-order chi connectivity index (χ1) is 10.4. The van der Waals surface area contributed by atoms with E-state index in [2.05, 4.69) is 16.3 Å². The van der Waals surface area contributed by atoms with Crippen molar-refractivity contribution in [3.05, 3.63) is 66.5 Å². The molecule has 0 spiro atoms. The molecule has 0 atom stereocenters. The number of thioether (sulfide) groups is 1. The number of methoxy groups -OCH3 is 1. The lowest BCUT2D eigenvalue weighted by atomic mass is 10.2. The fraction of sp³-hybridized carbons (Fsp3) is 0.125. The number of aromatic nitrogens is 3. The first-order valence-corrected chi connectivity index (χ1v) is 7.56. The van der Waals surface area contributed by atoms with Gasteiger partial charge < -0.3 is 4.74 Å². The zero-order chi connectivity index (χ0) is 14.5. The molecular weight excluding hydrogens is 282 g/mol. The van der Waals surface area contributed by atoms with E-state index in [1.165, 1.54) is 5.56 Å². The topological polar surface area (TPSA) is 39.9 Å². The molecular formula is C16H15N3OS. The van der Waals surface area contributed by atoms with Crippen molar-refractivity contribution < 1.29 is 4.74 Å². The molecule has 0 aliphatic rings. The highest BCUT2D eigenvalue weighted by Crippen LogP contribution is 2.24. The highest BCUT2D eigenvalue weighted by molar-refractivity contribution is 7.98. The second-order valence-electron chi connectivity index (χ2n) is 4.46. The third kappa shape index (κ3) is 3.25. The lowest BCUT2D eigenvalue weighted by molar-refractivity contribution is 0.414. The maximum Gasteiger partial charge on any atom is 0.195 e. The van der Waals surface area contributed by atoms with E-state index in [4.69, 9.17) is 4.74 Å². The van der Waals surface area contributed by atoms with Crippen LogP contribution in [-0.2, 0) is 5.75 Å². The van der Waals surface area contributed by atoms with Crippen molar-refractivity contribution in [3.63, 3.8) is 0 Å². The molecule has 0 aliphatic heterocycles. The number of hydrogen-bond donors (Lipinski definition) is 0. The van der Waals surface area contributed by atoms with Gasteiger partial charge in [-0.25, -0.2) is 0 Å². The first kappa shape index (κ1) is 13.7.